The molecule has 1 amide bonds. The molecule has 0 saturated heterocycles. The monoisotopic (exact) mass is 405 g/mol. The standard InChI is InChI=1S/C21H18F3NO4/c1-21(23,24)29-14-5-2-4-12(10-14)13-8-9-18(17(22)11-13)25-19(26)15-6-3-7-16(15)20(27)28/h2,4-5,8-11H,3,6-7H2,1H3,(H,25,26)(H,27,28). The maximum atomic E-state index is 14.5. The van der Waals surface area contributed by atoms with Crippen LogP contribution < -0.4 is 10.1 Å². The third-order valence-electron chi connectivity index (χ3n) is 4.43. The van der Waals surface area contributed by atoms with Crippen molar-refractivity contribution in [1.82, 2.24) is 0 Å². The Balaban J connectivity index is 1.81. The number of hydrogen-bond acceptors (Lipinski definition) is 3. The Kier molecular flexibility index (Phi) is 5.63. The Labute approximate surface area is 164 Å². The number of carbonyl (C=O) groups excluding carboxylic acids is 1. The topological polar surface area (TPSA) is 75.6 Å². The van der Waals surface area contributed by atoms with Crippen molar-refractivity contribution in [2.24, 2.45) is 0 Å². The molecule has 0 bridgehead atoms. The molecule has 2 aromatic rings. The molecule has 0 aromatic heterocycles. The summed E-state index contributed by atoms with van der Waals surface area (Å²) in [5, 5.41) is 11.5. The molecule has 2 N–H and O–H groups in total. The van der Waals surface area contributed by atoms with Crippen molar-refractivity contribution in [3.8, 4) is 16.9 Å². The highest BCUT2D eigenvalue weighted by molar-refractivity contribution is 6.09. The molecule has 1 aliphatic carbocycles. The number of carboxylic acid groups (broad SMARTS) is 1. The summed E-state index contributed by atoms with van der Waals surface area (Å²) in [6.07, 6.45) is -2.17. The van der Waals surface area contributed by atoms with Gasteiger partial charge in [0.25, 0.3) is 5.91 Å². The molecule has 29 heavy (non-hydrogen) atoms. The lowest BCUT2D eigenvalue weighted by molar-refractivity contribution is -0.158. The summed E-state index contributed by atoms with van der Waals surface area (Å²) in [7, 11) is 0. The number of benzene rings is 2. The molecule has 0 heterocycles. The van der Waals surface area contributed by atoms with E-state index in [0.29, 0.717) is 37.3 Å². The van der Waals surface area contributed by atoms with Gasteiger partial charge in [-0.3, -0.25) is 4.79 Å². The van der Waals surface area contributed by atoms with Gasteiger partial charge in [-0.15, -0.1) is 0 Å². The Hall–Kier alpha value is -3.29. The van der Waals surface area contributed by atoms with Gasteiger partial charge < -0.3 is 15.2 Å². The highest BCUT2D eigenvalue weighted by atomic mass is 19.3. The molecule has 1 aliphatic rings. The third-order valence-corrected chi connectivity index (χ3v) is 4.43. The lowest BCUT2D eigenvalue weighted by Gasteiger charge is -2.14. The van der Waals surface area contributed by atoms with Gasteiger partial charge in [-0.2, -0.15) is 8.78 Å². The Morgan fingerprint density at radius 3 is 2.41 bits per heavy atom. The van der Waals surface area contributed by atoms with E-state index in [2.05, 4.69) is 10.1 Å². The van der Waals surface area contributed by atoms with Crippen molar-refractivity contribution in [1.29, 1.82) is 0 Å². The van der Waals surface area contributed by atoms with Gasteiger partial charge in [-0.25, -0.2) is 9.18 Å². The summed E-state index contributed by atoms with van der Waals surface area (Å²) in [5.74, 6) is -2.60. The Morgan fingerprint density at radius 1 is 1.07 bits per heavy atom. The molecule has 5 nitrogen and oxygen atoms in total. The number of amides is 1. The fourth-order valence-electron chi connectivity index (χ4n) is 3.17. The van der Waals surface area contributed by atoms with E-state index in [0.717, 1.165) is 6.07 Å². The Bertz CT molecular complexity index is 996. The molecule has 0 radical (unpaired) electrons. The van der Waals surface area contributed by atoms with Crippen LogP contribution in [-0.4, -0.2) is 23.1 Å². The molecule has 0 atom stereocenters. The normalized spacial score (nSPS) is 14.1. The van der Waals surface area contributed by atoms with E-state index in [-0.39, 0.29) is 22.6 Å². The first-order valence-electron chi connectivity index (χ1n) is 8.87. The molecule has 3 rings (SSSR count). The van der Waals surface area contributed by atoms with Gasteiger partial charge in [0, 0.05) is 18.1 Å². The van der Waals surface area contributed by atoms with E-state index in [1.54, 1.807) is 6.07 Å². The number of hydrogen-bond donors (Lipinski definition) is 2. The van der Waals surface area contributed by atoms with Gasteiger partial charge in [0.15, 0.2) is 0 Å². The van der Waals surface area contributed by atoms with E-state index in [4.69, 9.17) is 5.11 Å². The van der Waals surface area contributed by atoms with Crippen LogP contribution in [0.5, 0.6) is 5.75 Å². The van der Waals surface area contributed by atoms with E-state index in [9.17, 15) is 22.8 Å². The summed E-state index contributed by atoms with van der Waals surface area (Å²) in [6, 6.07) is 9.83. The number of alkyl halides is 2. The van der Waals surface area contributed by atoms with Crippen LogP contribution >= 0.6 is 0 Å². The van der Waals surface area contributed by atoms with Crippen molar-refractivity contribution in [2.45, 2.75) is 32.3 Å². The molecular formula is C21H18F3NO4. The molecule has 2 aromatic carbocycles. The molecule has 0 unspecified atom stereocenters. The zero-order valence-corrected chi connectivity index (χ0v) is 15.5. The van der Waals surface area contributed by atoms with Crippen LogP contribution in [0.4, 0.5) is 18.9 Å². The maximum Gasteiger partial charge on any atom is 0.394 e. The smallest absolute Gasteiger partial charge is 0.394 e. The quantitative estimate of drug-likeness (QED) is 0.710. The van der Waals surface area contributed by atoms with Crippen LogP contribution in [0.25, 0.3) is 11.1 Å². The van der Waals surface area contributed by atoms with Crippen molar-refractivity contribution in [3.63, 3.8) is 0 Å². The van der Waals surface area contributed by atoms with Gasteiger partial charge >= 0.3 is 12.1 Å². The van der Waals surface area contributed by atoms with Gasteiger partial charge in [0.05, 0.1) is 5.69 Å². The summed E-state index contributed by atoms with van der Waals surface area (Å²) < 4.78 is 45.1. The molecular weight excluding hydrogens is 387 g/mol. The third kappa shape index (κ3) is 4.96. The molecule has 0 spiro atoms. The second-order valence-corrected chi connectivity index (χ2v) is 6.70. The van der Waals surface area contributed by atoms with E-state index >= 15 is 0 Å². The number of aliphatic carboxylic acids is 1. The lowest BCUT2D eigenvalue weighted by Crippen LogP contribution is -2.19. The molecule has 152 valence electrons. The van der Waals surface area contributed by atoms with Crippen LogP contribution in [0.2, 0.25) is 0 Å². The summed E-state index contributed by atoms with van der Waals surface area (Å²) in [6.45, 7) is 0.617. The number of rotatable bonds is 6. The van der Waals surface area contributed by atoms with Gasteiger partial charge in [0.2, 0.25) is 0 Å². The van der Waals surface area contributed by atoms with Gasteiger partial charge in [-0.05, 0) is 54.7 Å². The van der Waals surface area contributed by atoms with Crippen molar-refractivity contribution in [3.05, 3.63) is 59.4 Å². The minimum atomic E-state index is -3.35. The van der Waals surface area contributed by atoms with E-state index < -0.39 is 23.8 Å². The van der Waals surface area contributed by atoms with Crippen LogP contribution in [0, 0.1) is 5.82 Å². The number of anilines is 1. The molecule has 8 heteroatoms. The SMILES string of the molecule is CC(F)(F)Oc1cccc(-c2ccc(NC(=O)C3=C(C(=O)O)CCC3)c(F)c2)c1. The maximum absolute atomic E-state index is 14.5. The fourth-order valence-corrected chi connectivity index (χ4v) is 3.17. The summed E-state index contributed by atoms with van der Waals surface area (Å²) in [5.41, 5.74) is 0.942. The highest BCUT2D eigenvalue weighted by Crippen LogP contribution is 2.31. The average molecular weight is 405 g/mol. The van der Waals surface area contributed by atoms with E-state index in [1.165, 1.54) is 30.3 Å². The zero-order chi connectivity index (χ0) is 21.2. The predicted octanol–water partition coefficient (Wildman–Crippen LogP) is 4.99. The summed E-state index contributed by atoms with van der Waals surface area (Å²) >= 11 is 0. The number of nitrogens with one attached hydrogen (secondary N) is 1. The van der Waals surface area contributed by atoms with Crippen LogP contribution in [0.1, 0.15) is 26.2 Å². The summed E-state index contributed by atoms with van der Waals surface area (Å²) in [4.78, 5) is 23.5. The number of carbonyl (C=O) groups is 2. The largest absolute Gasteiger partial charge is 0.478 e. The van der Waals surface area contributed by atoms with Crippen LogP contribution in [0.3, 0.4) is 0 Å². The lowest BCUT2D eigenvalue weighted by atomic mass is 10.0. The second-order valence-electron chi connectivity index (χ2n) is 6.70. The van der Waals surface area contributed by atoms with Crippen molar-refractivity contribution >= 4 is 17.6 Å². The predicted molar refractivity (Wildman–Crippen MR) is 100 cm³/mol. The first-order valence-corrected chi connectivity index (χ1v) is 8.87. The second kappa shape index (κ2) is 7.98. The first kappa shape index (κ1) is 20.4. The van der Waals surface area contributed by atoms with Gasteiger partial charge in [0.1, 0.15) is 11.6 Å². The number of halogens is 3. The Morgan fingerprint density at radius 2 is 1.76 bits per heavy atom. The number of carboxylic acids is 1. The number of ether oxygens (including phenoxy) is 1. The van der Waals surface area contributed by atoms with Crippen molar-refractivity contribution in [2.75, 3.05) is 5.32 Å². The highest BCUT2D eigenvalue weighted by Gasteiger charge is 2.26. The average Bonchev–Trinajstić information content (AvgIpc) is 3.12. The molecule has 0 saturated carbocycles. The first-order chi connectivity index (χ1) is 13.6. The molecule has 0 fully saturated rings. The molecule has 0 aliphatic heterocycles. The fraction of sp³-hybridized carbons (Fsp3) is 0.238. The zero-order valence-electron chi connectivity index (χ0n) is 15.5. The minimum Gasteiger partial charge on any atom is -0.478 e. The van der Waals surface area contributed by atoms with Gasteiger partial charge in [-0.1, -0.05) is 18.2 Å². The van der Waals surface area contributed by atoms with Crippen molar-refractivity contribution < 1.29 is 32.6 Å². The van der Waals surface area contributed by atoms with Crippen LogP contribution in [-0.2, 0) is 9.59 Å². The van der Waals surface area contributed by atoms with Crippen LogP contribution in [0.15, 0.2) is 53.6 Å². The minimum absolute atomic E-state index is 0.0454. The van der Waals surface area contributed by atoms with E-state index in [1.807, 2.05) is 0 Å².